The average molecular weight is 334 g/mol. The topological polar surface area (TPSA) is 38.3 Å². The van der Waals surface area contributed by atoms with E-state index in [-0.39, 0.29) is 12.5 Å². The monoisotopic (exact) mass is 333 g/mol. The molecule has 4 heteroatoms. The summed E-state index contributed by atoms with van der Waals surface area (Å²) in [4.78, 5) is 11.9. The van der Waals surface area contributed by atoms with Gasteiger partial charge < -0.3 is 10.1 Å². The molecule has 1 N–H and O–H groups in total. The summed E-state index contributed by atoms with van der Waals surface area (Å²) in [7, 11) is 0. The predicted octanol–water partition coefficient (Wildman–Crippen LogP) is 4.08. The number of hydrogen-bond donors (Lipinski definition) is 1. The van der Waals surface area contributed by atoms with E-state index in [4.69, 9.17) is 4.74 Å². The molecule has 0 saturated heterocycles. The van der Waals surface area contributed by atoms with Gasteiger partial charge in [0.25, 0.3) is 5.91 Å². The lowest BCUT2D eigenvalue weighted by atomic mass is 10.1. The highest BCUT2D eigenvalue weighted by Crippen LogP contribution is 2.22. The maximum absolute atomic E-state index is 11.9. The van der Waals surface area contributed by atoms with E-state index < -0.39 is 0 Å². The van der Waals surface area contributed by atoms with Gasteiger partial charge in [-0.2, -0.15) is 0 Å². The summed E-state index contributed by atoms with van der Waals surface area (Å²) in [5.74, 6) is 0.600. The minimum atomic E-state index is -0.175. The number of carbonyl (C=O) groups is 1. The predicted molar refractivity (Wildman–Crippen MR) is 84.2 cm³/mol. The molecular formula is C16H16BrNO2. The van der Waals surface area contributed by atoms with Crippen LogP contribution in [0.5, 0.6) is 5.75 Å². The van der Waals surface area contributed by atoms with Crippen LogP contribution in [0.4, 0.5) is 5.69 Å². The van der Waals surface area contributed by atoms with Crippen LogP contribution in [0.3, 0.4) is 0 Å². The Hall–Kier alpha value is -1.81. The third-order valence-electron chi connectivity index (χ3n) is 2.86. The zero-order valence-electron chi connectivity index (χ0n) is 11.4. The van der Waals surface area contributed by atoms with Crippen LogP contribution in [0.15, 0.2) is 46.9 Å². The molecule has 20 heavy (non-hydrogen) atoms. The number of carbonyl (C=O) groups excluding carboxylic acids is 1. The van der Waals surface area contributed by atoms with Gasteiger partial charge in [0.15, 0.2) is 6.61 Å². The number of rotatable bonds is 4. The fourth-order valence-electron chi connectivity index (χ4n) is 1.93. The van der Waals surface area contributed by atoms with Gasteiger partial charge in [0.2, 0.25) is 0 Å². The van der Waals surface area contributed by atoms with Crippen LogP contribution in [0, 0.1) is 13.8 Å². The van der Waals surface area contributed by atoms with Crippen LogP contribution in [0.2, 0.25) is 0 Å². The van der Waals surface area contributed by atoms with Crippen molar-refractivity contribution in [3.63, 3.8) is 0 Å². The first-order chi connectivity index (χ1) is 9.56. The molecule has 1 amide bonds. The van der Waals surface area contributed by atoms with Gasteiger partial charge in [-0.05, 0) is 43.2 Å². The molecule has 3 nitrogen and oxygen atoms in total. The van der Waals surface area contributed by atoms with Gasteiger partial charge in [-0.3, -0.25) is 4.79 Å². The Morgan fingerprint density at radius 2 is 1.80 bits per heavy atom. The van der Waals surface area contributed by atoms with Gasteiger partial charge in [0.1, 0.15) is 5.75 Å². The van der Waals surface area contributed by atoms with E-state index in [1.54, 1.807) is 0 Å². The Labute approximate surface area is 127 Å². The molecule has 0 spiro atoms. The van der Waals surface area contributed by atoms with E-state index in [0.717, 1.165) is 27.0 Å². The molecule has 2 aromatic rings. The van der Waals surface area contributed by atoms with Crippen molar-refractivity contribution >= 4 is 27.5 Å². The standard InChI is InChI=1S/C16H16BrNO2/c1-11-5-3-6-12(2)16(11)20-10-15(19)18-14-8-4-7-13(17)9-14/h3-9H,10H2,1-2H3,(H,18,19). The van der Waals surface area contributed by atoms with E-state index >= 15 is 0 Å². The third-order valence-corrected chi connectivity index (χ3v) is 3.36. The molecule has 0 fully saturated rings. The molecule has 0 atom stereocenters. The van der Waals surface area contributed by atoms with Crippen LogP contribution < -0.4 is 10.1 Å². The summed E-state index contributed by atoms with van der Waals surface area (Å²) in [5.41, 5.74) is 2.80. The number of aryl methyl sites for hydroxylation is 2. The van der Waals surface area contributed by atoms with E-state index in [2.05, 4.69) is 21.2 Å². The molecule has 0 saturated carbocycles. The molecule has 0 aliphatic carbocycles. The van der Waals surface area contributed by atoms with Crippen LogP contribution in [0.25, 0.3) is 0 Å². The normalized spacial score (nSPS) is 10.2. The van der Waals surface area contributed by atoms with Gasteiger partial charge >= 0.3 is 0 Å². The van der Waals surface area contributed by atoms with Crippen LogP contribution in [-0.4, -0.2) is 12.5 Å². The Morgan fingerprint density at radius 3 is 2.45 bits per heavy atom. The summed E-state index contributed by atoms with van der Waals surface area (Å²) in [6, 6.07) is 13.4. The van der Waals surface area contributed by atoms with Crippen molar-refractivity contribution in [2.75, 3.05) is 11.9 Å². The van der Waals surface area contributed by atoms with E-state index in [9.17, 15) is 4.79 Å². The number of ether oxygens (including phenoxy) is 1. The summed E-state index contributed by atoms with van der Waals surface area (Å²) in [6.45, 7) is 3.93. The molecular weight excluding hydrogens is 318 g/mol. The van der Waals surface area contributed by atoms with Gasteiger partial charge in [0.05, 0.1) is 0 Å². The van der Waals surface area contributed by atoms with Gasteiger partial charge in [0, 0.05) is 10.2 Å². The fourth-order valence-corrected chi connectivity index (χ4v) is 2.33. The Bertz CT molecular complexity index is 605. The lowest BCUT2D eigenvalue weighted by molar-refractivity contribution is -0.118. The Balaban J connectivity index is 1.96. The molecule has 0 unspecified atom stereocenters. The first-order valence-corrected chi connectivity index (χ1v) is 7.10. The fraction of sp³-hybridized carbons (Fsp3) is 0.188. The largest absolute Gasteiger partial charge is 0.483 e. The minimum Gasteiger partial charge on any atom is -0.483 e. The molecule has 104 valence electrons. The first kappa shape index (κ1) is 14.6. The summed E-state index contributed by atoms with van der Waals surface area (Å²) < 4.78 is 6.53. The van der Waals surface area contributed by atoms with Crippen molar-refractivity contribution < 1.29 is 9.53 Å². The zero-order valence-corrected chi connectivity index (χ0v) is 13.0. The maximum Gasteiger partial charge on any atom is 0.262 e. The van der Waals surface area contributed by atoms with E-state index in [0.29, 0.717) is 0 Å². The number of nitrogens with one attached hydrogen (secondary N) is 1. The zero-order chi connectivity index (χ0) is 14.5. The van der Waals surface area contributed by atoms with Crippen molar-refractivity contribution in [3.8, 4) is 5.75 Å². The Morgan fingerprint density at radius 1 is 1.15 bits per heavy atom. The summed E-state index contributed by atoms with van der Waals surface area (Å²) >= 11 is 3.36. The quantitative estimate of drug-likeness (QED) is 0.915. The number of halogens is 1. The van der Waals surface area contributed by atoms with Gasteiger partial charge in [-0.15, -0.1) is 0 Å². The molecule has 0 aliphatic heterocycles. The smallest absolute Gasteiger partial charge is 0.262 e. The van der Waals surface area contributed by atoms with Gasteiger partial charge in [-0.1, -0.05) is 40.2 Å². The molecule has 2 rings (SSSR count). The first-order valence-electron chi connectivity index (χ1n) is 6.30. The number of hydrogen-bond acceptors (Lipinski definition) is 2. The molecule has 0 radical (unpaired) electrons. The number of benzene rings is 2. The molecule has 0 bridgehead atoms. The SMILES string of the molecule is Cc1cccc(C)c1OCC(=O)Nc1cccc(Br)c1. The highest BCUT2D eigenvalue weighted by atomic mass is 79.9. The van der Waals surface area contributed by atoms with Crippen molar-refractivity contribution in [1.82, 2.24) is 0 Å². The lowest BCUT2D eigenvalue weighted by Gasteiger charge is -2.12. The second-order valence-corrected chi connectivity index (χ2v) is 5.48. The molecule has 0 heterocycles. The summed E-state index contributed by atoms with van der Waals surface area (Å²) in [6.07, 6.45) is 0. The number of para-hydroxylation sites is 1. The van der Waals surface area contributed by atoms with Crippen LogP contribution in [0.1, 0.15) is 11.1 Å². The molecule has 0 aromatic heterocycles. The summed E-state index contributed by atoms with van der Waals surface area (Å²) in [5, 5.41) is 2.80. The minimum absolute atomic E-state index is 0.00178. The van der Waals surface area contributed by atoms with Crippen LogP contribution in [-0.2, 0) is 4.79 Å². The van der Waals surface area contributed by atoms with Gasteiger partial charge in [-0.25, -0.2) is 0 Å². The lowest BCUT2D eigenvalue weighted by Crippen LogP contribution is -2.20. The van der Waals surface area contributed by atoms with Crippen molar-refractivity contribution in [1.29, 1.82) is 0 Å². The number of anilines is 1. The van der Waals surface area contributed by atoms with Crippen LogP contribution >= 0.6 is 15.9 Å². The molecule has 2 aromatic carbocycles. The number of amides is 1. The maximum atomic E-state index is 11.9. The second kappa shape index (κ2) is 6.57. The Kier molecular flexibility index (Phi) is 4.79. The third kappa shape index (κ3) is 3.84. The molecule has 0 aliphatic rings. The second-order valence-electron chi connectivity index (χ2n) is 4.57. The van der Waals surface area contributed by atoms with E-state index in [1.807, 2.05) is 56.3 Å². The average Bonchev–Trinajstić information content (AvgIpc) is 2.38. The van der Waals surface area contributed by atoms with Crippen molar-refractivity contribution in [2.45, 2.75) is 13.8 Å². The highest BCUT2D eigenvalue weighted by molar-refractivity contribution is 9.10. The highest BCUT2D eigenvalue weighted by Gasteiger charge is 2.07. The van der Waals surface area contributed by atoms with Crippen molar-refractivity contribution in [2.24, 2.45) is 0 Å². The van der Waals surface area contributed by atoms with Crippen molar-refractivity contribution in [3.05, 3.63) is 58.1 Å². The van der Waals surface area contributed by atoms with E-state index in [1.165, 1.54) is 0 Å².